The van der Waals surface area contributed by atoms with Crippen molar-refractivity contribution in [3.05, 3.63) is 35.9 Å². The zero-order valence-corrected chi connectivity index (χ0v) is 13.4. The minimum absolute atomic E-state index is 0.178. The second-order valence-electron chi connectivity index (χ2n) is 6.26. The predicted molar refractivity (Wildman–Crippen MR) is 83.7 cm³/mol. The summed E-state index contributed by atoms with van der Waals surface area (Å²) in [7, 11) is -2.86. The van der Waals surface area contributed by atoms with Crippen LogP contribution >= 0.6 is 0 Å². The first-order chi connectivity index (χ1) is 9.37. The minimum atomic E-state index is -2.86. The molecule has 1 fully saturated rings. The van der Waals surface area contributed by atoms with E-state index in [1.54, 1.807) is 6.92 Å². The van der Waals surface area contributed by atoms with E-state index in [9.17, 15) is 8.42 Å². The Labute approximate surface area is 122 Å². The van der Waals surface area contributed by atoms with Gasteiger partial charge in [-0.1, -0.05) is 51.1 Å². The van der Waals surface area contributed by atoms with Gasteiger partial charge in [0.15, 0.2) is 9.84 Å². The van der Waals surface area contributed by atoms with Crippen molar-refractivity contribution < 1.29 is 8.42 Å². The van der Waals surface area contributed by atoms with Crippen LogP contribution in [0, 0.1) is 5.41 Å². The van der Waals surface area contributed by atoms with Gasteiger partial charge in [-0.2, -0.15) is 0 Å². The summed E-state index contributed by atoms with van der Waals surface area (Å²) < 4.78 is 23.0. The zero-order valence-electron chi connectivity index (χ0n) is 12.6. The molecule has 0 saturated heterocycles. The van der Waals surface area contributed by atoms with Crippen molar-refractivity contribution in [2.75, 3.05) is 18.1 Å². The van der Waals surface area contributed by atoms with Gasteiger partial charge in [-0.25, -0.2) is 8.42 Å². The summed E-state index contributed by atoms with van der Waals surface area (Å²) in [6.45, 7) is 6.79. The number of sulfone groups is 1. The lowest BCUT2D eigenvalue weighted by Gasteiger charge is -2.53. The molecule has 2 atom stereocenters. The molecule has 1 aromatic rings. The molecule has 0 aliphatic heterocycles. The number of nitrogens with one attached hydrogen (secondary N) is 1. The molecule has 1 aliphatic carbocycles. The van der Waals surface area contributed by atoms with Crippen molar-refractivity contribution in [1.29, 1.82) is 0 Å². The average molecular weight is 295 g/mol. The molecule has 0 amide bonds. The predicted octanol–water partition coefficient (Wildman–Crippen LogP) is 2.59. The maximum absolute atomic E-state index is 11.5. The second kappa shape index (κ2) is 5.86. The Kier molecular flexibility index (Phi) is 4.55. The van der Waals surface area contributed by atoms with Gasteiger partial charge >= 0.3 is 0 Å². The first-order valence-corrected chi connectivity index (χ1v) is 9.17. The third kappa shape index (κ3) is 3.23. The fourth-order valence-corrected chi connectivity index (χ4v) is 3.77. The summed E-state index contributed by atoms with van der Waals surface area (Å²) in [5, 5.41) is 3.42. The Morgan fingerprint density at radius 1 is 1.25 bits per heavy atom. The van der Waals surface area contributed by atoms with Crippen molar-refractivity contribution in [3.63, 3.8) is 0 Å². The summed E-state index contributed by atoms with van der Waals surface area (Å²) in [6, 6.07) is 11.0. The number of hydrogen-bond donors (Lipinski definition) is 1. The normalized spacial score (nSPS) is 25.1. The topological polar surface area (TPSA) is 46.2 Å². The molecule has 0 spiro atoms. The molecule has 0 bridgehead atoms. The quantitative estimate of drug-likeness (QED) is 0.877. The lowest BCUT2D eigenvalue weighted by atomic mass is 9.56. The highest BCUT2D eigenvalue weighted by Gasteiger charge is 2.48. The van der Waals surface area contributed by atoms with Crippen LogP contribution in [-0.2, 0) is 9.84 Å². The van der Waals surface area contributed by atoms with Gasteiger partial charge in [0.05, 0.1) is 5.75 Å². The average Bonchev–Trinajstić information content (AvgIpc) is 2.43. The SMILES string of the molecule is CCS(=O)(=O)CCNC1CC(c2ccccc2)C1(C)C. The fraction of sp³-hybridized carbons (Fsp3) is 0.625. The molecule has 0 radical (unpaired) electrons. The number of hydrogen-bond acceptors (Lipinski definition) is 3. The van der Waals surface area contributed by atoms with Crippen LogP contribution in [0.15, 0.2) is 30.3 Å². The largest absolute Gasteiger partial charge is 0.312 e. The standard InChI is InChI=1S/C16H25NO2S/c1-4-20(18,19)11-10-17-15-12-14(16(15,2)3)13-8-6-5-7-9-13/h5-9,14-15,17H,4,10-12H2,1-3H3. The molecule has 1 aliphatic rings. The van der Waals surface area contributed by atoms with E-state index < -0.39 is 9.84 Å². The summed E-state index contributed by atoms with van der Waals surface area (Å²) in [5.74, 6) is 1.03. The van der Waals surface area contributed by atoms with Crippen LogP contribution in [0.3, 0.4) is 0 Å². The first-order valence-electron chi connectivity index (χ1n) is 7.35. The van der Waals surface area contributed by atoms with E-state index in [4.69, 9.17) is 0 Å². The first kappa shape index (κ1) is 15.5. The van der Waals surface area contributed by atoms with Crippen LogP contribution < -0.4 is 5.32 Å². The molecule has 3 nitrogen and oxygen atoms in total. The van der Waals surface area contributed by atoms with Crippen LogP contribution in [0.4, 0.5) is 0 Å². The summed E-state index contributed by atoms with van der Waals surface area (Å²) in [4.78, 5) is 0. The van der Waals surface area contributed by atoms with Gasteiger partial charge in [-0.15, -0.1) is 0 Å². The molecular formula is C16H25NO2S. The lowest BCUT2D eigenvalue weighted by molar-refractivity contribution is 0.0708. The summed E-state index contributed by atoms with van der Waals surface area (Å²) in [6.07, 6.45) is 1.09. The van der Waals surface area contributed by atoms with Crippen LogP contribution in [0.2, 0.25) is 0 Å². The Balaban J connectivity index is 1.89. The van der Waals surface area contributed by atoms with Gasteiger partial charge in [-0.3, -0.25) is 0 Å². The fourth-order valence-electron chi connectivity index (χ4n) is 3.06. The molecule has 20 heavy (non-hydrogen) atoms. The van der Waals surface area contributed by atoms with Crippen LogP contribution in [0.5, 0.6) is 0 Å². The van der Waals surface area contributed by atoms with Crippen molar-refractivity contribution in [3.8, 4) is 0 Å². The molecule has 112 valence electrons. The van der Waals surface area contributed by atoms with Crippen LogP contribution in [0.25, 0.3) is 0 Å². The van der Waals surface area contributed by atoms with Gasteiger partial charge in [0.1, 0.15) is 0 Å². The highest BCUT2D eigenvalue weighted by atomic mass is 32.2. The molecule has 4 heteroatoms. The van der Waals surface area contributed by atoms with Crippen molar-refractivity contribution in [2.45, 2.75) is 39.2 Å². The van der Waals surface area contributed by atoms with E-state index in [-0.39, 0.29) is 16.9 Å². The molecule has 1 N–H and O–H groups in total. The van der Waals surface area contributed by atoms with E-state index in [0.717, 1.165) is 6.42 Å². The highest BCUT2D eigenvalue weighted by molar-refractivity contribution is 7.91. The molecule has 2 rings (SSSR count). The Hall–Kier alpha value is -0.870. The van der Waals surface area contributed by atoms with Crippen molar-refractivity contribution in [2.24, 2.45) is 5.41 Å². The Morgan fingerprint density at radius 3 is 2.45 bits per heavy atom. The third-order valence-corrected chi connectivity index (χ3v) is 6.42. The molecule has 0 aromatic heterocycles. The van der Waals surface area contributed by atoms with Crippen molar-refractivity contribution >= 4 is 9.84 Å². The zero-order chi connectivity index (χ0) is 14.8. The Bertz CT molecular complexity index is 537. The van der Waals surface area contributed by atoms with Crippen molar-refractivity contribution in [1.82, 2.24) is 5.32 Å². The maximum Gasteiger partial charge on any atom is 0.151 e. The van der Waals surface area contributed by atoms with E-state index in [0.29, 0.717) is 18.5 Å². The molecule has 1 saturated carbocycles. The summed E-state index contributed by atoms with van der Waals surface area (Å²) in [5.41, 5.74) is 1.56. The maximum atomic E-state index is 11.5. The lowest BCUT2D eigenvalue weighted by Crippen LogP contribution is -2.56. The molecule has 2 unspecified atom stereocenters. The van der Waals surface area contributed by atoms with Gasteiger partial charge in [-0.05, 0) is 23.3 Å². The third-order valence-electron chi connectivity index (χ3n) is 4.71. The van der Waals surface area contributed by atoms with E-state index in [1.807, 2.05) is 6.07 Å². The molecular weight excluding hydrogens is 270 g/mol. The Morgan fingerprint density at radius 2 is 1.90 bits per heavy atom. The molecule has 1 aromatic carbocycles. The molecule has 0 heterocycles. The van der Waals surface area contributed by atoms with E-state index >= 15 is 0 Å². The van der Waals surface area contributed by atoms with Gasteiger partial charge in [0, 0.05) is 18.3 Å². The minimum Gasteiger partial charge on any atom is -0.312 e. The van der Waals surface area contributed by atoms with E-state index in [1.165, 1.54) is 5.56 Å². The number of benzene rings is 1. The highest BCUT2D eigenvalue weighted by Crippen LogP contribution is 2.52. The van der Waals surface area contributed by atoms with Crippen LogP contribution in [0.1, 0.15) is 38.7 Å². The monoisotopic (exact) mass is 295 g/mol. The number of rotatable bonds is 6. The smallest absolute Gasteiger partial charge is 0.151 e. The van der Waals surface area contributed by atoms with Gasteiger partial charge in [0.25, 0.3) is 0 Å². The van der Waals surface area contributed by atoms with Gasteiger partial charge < -0.3 is 5.32 Å². The van der Waals surface area contributed by atoms with E-state index in [2.05, 4.69) is 43.4 Å². The van der Waals surface area contributed by atoms with Crippen LogP contribution in [-0.4, -0.2) is 32.5 Å². The second-order valence-corrected chi connectivity index (χ2v) is 8.74. The summed E-state index contributed by atoms with van der Waals surface area (Å²) >= 11 is 0. The van der Waals surface area contributed by atoms with Gasteiger partial charge in [0.2, 0.25) is 0 Å².